The molecule has 0 spiro atoms. The molecule has 0 radical (unpaired) electrons. The zero-order chi connectivity index (χ0) is 14.5. The number of nitrogens with two attached hydrogens (primary N) is 2. The van der Waals surface area contributed by atoms with Gasteiger partial charge in [0.05, 0.1) is 11.1 Å². The average molecular weight is 284 g/mol. The van der Waals surface area contributed by atoms with Crippen LogP contribution in [-0.2, 0) is 12.0 Å². The molecule has 2 unspecified atom stereocenters. The molecule has 20 heavy (non-hydrogen) atoms. The molecule has 4 N–H and O–H groups in total. The van der Waals surface area contributed by atoms with Crippen molar-refractivity contribution in [2.24, 2.45) is 11.7 Å². The normalized spacial score (nSPS) is 28.8. The second-order valence-corrected chi connectivity index (χ2v) is 5.38. The minimum Gasteiger partial charge on any atom is -0.384 e. The molecule has 0 amide bonds. The maximum atomic E-state index is 13.3. The third kappa shape index (κ3) is 1.88. The quantitative estimate of drug-likeness (QED) is 0.815. The SMILES string of the molecule is NCc1cc(N)nc(C23CC2CCC=C3C(F)(F)F)n1. The van der Waals surface area contributed by atoms with Crippen molar-refractivity contribution >= 4 is 5.82 Å². The summed E-state index contributed by atoms with van der Waals surface area (Å²) in [4.78, 5) is 8.25. The van der Waals surface area contributed by atoms with E-state index in [0.29, 0.717) is 18.5 Å². The smallest absolute Gasteiger partial charge is 0.384 e. The Labute approximate surface area is 114 Å². The van der Waals surface area contributed by atoms with Crippen LogP contribution in [0, 0.1) is 5.92 Å². The predicted octanol–water partition coefficient (Wildman–Crippen LogP) is 2.06. The van der Waals surface area contributed by atoms with Crippen molar-refractivity contribution in [3.05, 3.63) is 29.2 Å². The van der Waals surface area contributed by atoms with Gasteiger partial charge < -0.3 is 11.5 Å². The number of hydrogen-bond acceptors (Lipinski definition) is 4. The van der Waals surface area contributed by atoms with E-state index in [4.69, 9.17) is 11.5 Å². The fourth-order valence-corrected chi connectivity index (χ4v) is 3.20. The fraction of sp³-hybridized carbons (Fsp3) is 0.538. The standard InChI is InChI=1S/C13H15F3N4/c14-13(15,16)9-3-1-2-7-5-12(7,9)11-19-8(6-17)4-10(18)20-11/h3-4,7H,1-2,5-6,17H2,(H2,18,19,20). The number of allylic oxidation sites excluding steroid dienone is 2. The lowest BCUT2D eigenvalue weighted by atomic mass is 9.85. The minimum atomic E-state index is -4.36. The highest BCUT2D eigenvalue weighted by atomic mass is 19.4. The van der Waals surface area contributed by atoms with E-state index in [1.54, 1.807) is 0 Å². The summed E-state index contributed by atoms with van der Waals surface area (Å²) in [7, 11) is 0. The molecule has 1 heterocycles. The van der Waals surface area contributed by atoms with E-state index in [9.17, 15) is 13.2 Å². The first-order chi connectivity index (χ1) is 9.38. The summed E-state index contributed by atoms with van der Waals surface area (Å²) < 4.78 is 39.8. The molecule has 3 rings (SSSR count). The van der Waals surface area contributed by atoms with Crippen LogP contribution in [0.3, 0.4) is 0 Å². The first-order valence-corrected chi connectivity index (χ1v) is 6.49. The number of anilines is 1. The van der Waals surface area contributed by atoms with E-state index >= 15 is 0 Å². The summed E-state index contributed by atoms with van der Waals surface area (Å²) in [6.45, 7) is 0.130. The van der Waals surface area contributed by atoms with Gasteiger partial charge in [-0.15, -0.1) is 0 Å². The second-order valence-electron chi connectivity index (χ2n) is 5.38. The zero-order valence-electron chi connectivity index (χ0n) is 10.7. The van der Waals surface area contributed by atoms with Crippen LogP contribution in [0.15, 0.2) is 17.7 Å². The van der Waals surface area contributed by atoms with Crippen LogP contribution in [0.4, 0.5) is 19.0 Å². The van der Waals surface area contributed by atoms with Gasteiger partial charge in [0.25, 0.3) is 0 Å². The Bertz CT molecular complexity index is 581. The van der Waals surface area contributed by atoms with E-state index in [2.05, 4.69) is 9.97 Å². The van der Waals surface area contributed by atoms with Crippen LogP contribution in [0.25, 0.3) is 0 Å². The Morgan fingerprint density at radius 3 is 2.75 bits per heavy atom. The summed E-state index contributed by atoms with van der Waals surface area (Å²) in [6, 6.07) is 1.50. The van der Waals surface area contributed by atoms with Gasteiger partial charge in [0.1, 0.15) is 11.6 Å². The lowest BCUT2D eigenvalue weighted by molar-refractivity contribution is -0.0989. The van der Waals surface area contributed by atoms with Crippen molar-refractivity contribution in [1.82, 2.24) is 9.97 Å². The van der Waals surface area contributed by atoms with Crippen molar-refractivity contribution in [2.45, 2.75) is 37.4 Å². The van der Waals surface area contributed by atoms with E-state index in [0.717, 1.165) is 6.42 Å². The van der Waals surface area contributed by atoms with Crippen molar-refractivity contribution in [3.8, 4) is 0 Å². The Balaban J connectivity index is 2.11. The zero-order valence-corrected chi connectivity index (χ0v) is 10.7. The summed E-state index contributed by atoms with van der Waals surface area (Å²) >= 11 is 0. The topological polar surface area (TPSA) is 77.8 Å². The highest BCUT2D eigenvalue weighted by Gasteiger charge is 2.66. The summed E-state index contributed by atoms with van der Waals surface area (Å²) in [5.74, 6) is 0.297. The van der Waals surface area contributed by atoms with Crippen LogP contribution < -0.4 is 11.5 Å². The lowest BCUT2D eigenvalue weighted by Crippen LogP contribution is -2.30. The lowest BCUT2D eigenvalue weighted by Gasteiger charge is -2.26. The molecule has 0 aliphatic heterocycles. The number of halogens is 3. The largest absolute Gasteiger partial charge is 0.413 e. The van der Waals surface area contributed by atoms with Crippen molar-refractivity contribution in [2.75, 3.05) is 5.73 Å². The first kappa shape index (κ1) is 13.4. The number of nitrogen functional groups attached to an aromatic ring is 1. The summed E-state index contributed by atoms with van der Waals surface area (Å²) in [5, 5.41) is 0. The second kappa shape index (κ2) is 4.18. The summed E-state index contributed by atoms with van der Waals surface area (Å²) in [6.07, 6.45) is -1.46. The molecule has 1 aromatic rings. The molecule has 0 aromatic carbocycles. The van der Waals surface area contributed by atoms with Gasteiger partial charge in [0, 0.05) is 18.2 Å². The first-order valence-electron chi connectivity index (χ1n) is 6.49. The van der Waals surface area contributed by atoms with Gasteiger partial charge in [-0.1, -0.05) is 6.08 Å². The van der Waals surface area contributed by atoms with Crippen molar-refractivity contribution < 1.29 is 13.2 Å². The number of fused-ring (bicyclic) bond motifs is 1. The summed E-state index contributed by atoms with van der Waals surface area (Å²) in [5.41, 5.74) is 10.0. The number of nitrogens with zero attached hydrogens (tertiary/aromatic N) is 2. The Hall–Kier alpha value is -1.63. The highest BCUT2D eigenvalue weighted by Crippen LogP contribution is 2.65. The van der Waals surface area contributed by atoms with Gasteiger partial charge in [0.15, 0.2) is 0 Å². The minimum absolute atomic E-state index is 0.0449. The van der Waals surface area contributed by atoms with Gasteiger partial charge in [-0.25, -0.2) is 9.97 Å². The van der Waals surface area contributed by atoms with E-state index in [1.807, 2.05) is 0 Å². The van der Waals surface area contributed by atoms with Gasteiger partial charge >= 0.3 is 6.18 Å². The maximum absolute atomic E-state index is 13.3. The highest BCUT2D eigenvalue weighted by molar-refractivity contribution is 5.45. The maximum Gasteiger partial charge on any atom is 0.413 e. The van der Waals surface area contributed by atoms with Gasteiger partial charge in [-0.2, -0.15) is 13.2 Å². The Morgan fingerprint density at radius 1 is 1.35 bits per heavy atom. The number of alkyl halides is 3. The molecule has 4 nitrogen and oxygen atoms in total. The van der Waals surface area contributed by atoms with Crippen LogP contribution in [0.1, 0.15) is 30.8 Å². The van der Waals surface area contributed by atoms with Gasteiger partial charge in [-0.3, -0.25) is 0 Å². The molecular weight excluding hydrogens is 269 g/mol. The van der Waals surface area contributed by atoms with Crippen LogP contribution in [0.5, 0.6) is 0 Å². The van der Waals surface area contributed by atoms with Crippen molar-refractivity contribution in [3.63, 3.8) is 0 Å². The van der Waals surface area contributed by atoms with Crippen LogP contribution in [0.2, 0.25) is 0 Å². The van der Waals surface area contributed by atoms with E-state index < -0.39 is 17.2 Å². The van der Waals surface area contributed by atoms with Gasteiger partial charge in [-0.05, 0) is 25.2 Å². The monoisotopic (exact) mass is 284 g/mol. The Morgan fingerprint density at radius 2 is 2.10 bits per heavy atom. The molecule has 1 aromatic heterocycles. The Kier molecular flexibility index (Phi) is 2.79. The van der Waals surface area contributed by atoms with Crippen molar-refractivity contribution in [1.29, 1.82) is 0 Å². The molecular formula is C13H15F3N4. The van der Waals surface area contributed by atoms with Gasteiger partial charge in [0.2, 0.25) is 0 Å². The number of rotatable bonds is 2. The molecule has 1 saturated carbocycles. The van der Waals surface area contributed by atoms with E-state index in [-0.39, 0.29) is 24.1 Å². The molecule has 2 aliphatic rings. The molecule has 0 bridgehead atoms. The van der Waals surface area contributed by atoms with E-state index in [1.165, 1.54) is 12.1 Å². The molecule has 1 fully saturated rings. The predicted molar refractivity (Wildman–Crippen MR) is 67.5 cm³/mol. The van der Waals surface area contributed by atoms with Crippen LogP contribution >= 0.6 is 0 Å². The van der Waals surface area contributed by atoms with Crippen LogP contribution in [-0.4, -0.2) is 16.1 Å². The number of aromatic nitrogens is 2. The average Bonchev–Trinajstić information content (AvgIpc) is 3.12. The molecule has 0 saturated heterocycles. The molecule has 7 heteroatoms. The third-order valence-electron chi connectivity index (χ3n) is 4.16. The molecule has 108 valence electrons. The third-order valence-corrected chi connectivity index (χ3v) is 4.16. The number of hydrogen-bond donors (Lipinski definition) is 2. The fourth-order valence-electron chi connectivity index (χ4n) is 3.20. The molecule has 2 aliphatic carbocycles. The molecule has 2 atom stereocenters.